The van der Waals surface area contributed by atoms with Crippen molar-refractivity contribution in [2.45, 2.75) is 58.3 Å². The Morgan fingerprint density at radius 3 is 2.48 bits per heavy atom. The van der Waals surface area contributed by atoms with Gasteiger partial charge in [0.05, 0.1) is 18.3 Å². The Morgan fingerprint density at radius 1 is 1.22 bits per heavy atom. The van der Waals surface area contributed by atoms with E-state index in [4.69, 9.17) is 14.9 Å². The van der Waals surface area contributed by atoms with Gasteiger partial charge in [-0.3, -0.25) is 9.69 Å². The van der Waals surface area contributed by atoms with Crippen LogP contribution in [-0.4, -0.2) is 54.2 Å². The van der Waals surface area contributed by atoms with Gasteiger partial charge in [-0.2, -0.15) is 0 Å². The maximum Gasteiger partial charge on any atom is 0.249 e. The van der Waals surface area contributed by atoms with E-state index in [1.54, 1.807) is 0 Å². The molecule has 0 unspecified atom stereocenters. The van der Waals surface area contributed by atoms with E-state index in [-0.39, 0.29) is 42.9 Å². The highest BCUT2D eigenvalue weighted by Crippen LogP contribution is 2.21. The summed E-state index contributed by atoms with van der Waals surface area (Å²) in [6.07, 6.45) is 3.55. The molecule has 2 fully saturated rings. The Morgan fingerprint density at radius 2 is 1.93 bits per heavy atom. The molecular formula is C18H32Cl2N4O3. The summed E-state index contributed by atoms with van der Waals surface area (Å²) in [5.41, 5.74) is 6.56. The Hall–Kier alpha value is -0.860. The van der Waals surface area contributed by atoms with Crippen molar-refractivity contribution in [3.8, 4) is 0 Å². The van der Waals surface area contributed by atoms with Crippen LogP contribution < -0.4 is 11.1 Å². The quantitative estimate of drug-likeness (QED) is 0.727. The van der Waals surface area contributed by atoms with Gasteiger partial charge in [0.15, 0.2) is 0 Å². The van der Waals surface area contributed by atoms with E-state index in [1.807, 2.05) is 13.8 Å². The van der Waals surface area contributed by atoms with Crippen LogP contribution in [0.3, 0.4) is 0 Å². The van der Waals surface area contributed by atoms with Crippen LogP contribution >= 0.6 is 24.8 Å². The molecule has 7 nitrogen and oxygen atoms in total. The molecule has 0 aliphatic carbocycles. The lowest BCUT2D eigenvalue weighted by Crippen LogP contribution is -2.41. The third-order valence-electron chi connectivity index (χ3n) is 5.37. The Labute approximate surface area is 173 Å². The molecule has 27 heavy (non-hydrogen) atoms. The molecule has 2 aliphatic rings. The van der Waals surface area contributed by atoms with Gasteiger partial charge in [-0.15, -0.1) is 24.8 Å². The molecule has 1 amide bonds. The molecule has 2 saturated heterocycles. The monoisotopic (exact) mass is 422 g/mol. The average Bonchev–Trinajstić information content (AvgIpc) is 3.21. The van der Waals surface area contributed by atoms with Crippen LogP contribution in [0.25, 0.3) is 0 Å². The molecule has 0 radical (unpaired) electrons. The minimum absolute atomic E-state index is 0. The fraction of sp³-hybridized carbons (Fsp3) is 0.778. The summed E-state index contributed by atoms with van der Waals surface area (Å²) in [6, 6.07) is 0. The summed E-state index contributed by atoms with van der Waals surface area (Å²) < 4.78 is 11.3. The molecule has 0 saturated carbocycles. The number of nitrogens with zero attached hydrogens (tertiary/aromatic N) is 2. The zero-order valence-electron chi connectivity index (χ0n) is 16.1. The molecule has 1 aromatic heterocycles. The first-order valence-corrected chi connectivity index (χ1v) is 9.33. The van der Waals surface area contributed by atoms with Crippen LogP contribution in [0.1, 0.15) is 43.0 Å². The summed E-state index contributed by atoms with van der Waals surface area (Å²) in [6.45, 7) is 7.94. The second-order valence-corrected chi connectivity index (χ2v) is 7.27. The smallest absolute Gasteiger partial charge is 0.249 e. The van der Waals surface area contributed by atoms with Crippen LogP contribution in [0.4, 0.5) is 0 Å². The number of rotatable bonds is 6. The third-order valence-corrected chi connectivity index (χ3v) is 5.37. The van der Waals surface area contributed by atoms with Gasteiger partial charge in [-0.25, -0.2) is 4.98 Å². The summed E-state index contributed by atoms with van der Waals surface area (Å²) in [4.78, 5) is 19.0. The molecule has 156 valence electrons. The molecule has 0 bridgehead atoms. The van der Waals surface area contributed by atoms with Gasteiger partial charge < -0.3 is 20.2 Å². The van der Waals surface area contributed by atoms with E-state index in [2.05, 4.69) is 15.2 Å². The Bertz CT molecular complexity index is 572. The maximum atomic E-state index is 12.2. The number of oxazole rings is 1. The number of likely N-dealkylation sites (tertiary alicyclic amines) is 1. The number of carbonyl (C=O) groups excluding carboxylic acids is 1. The van der Waals surface area contributed by atoms with Crippen molar-refractivity contribution in [2.24, 2.45) is 11.7 Å². The second-order valence-electron chi connectivity index (χ2n) is 7.27. The fourth-order valence-corrected chi connectivity index (χ4v) is 3.58. The van der Waals surface area contributed by atoms with E-state index in [0.717, 1.165) is 69.2 Å². The molecule has 0 aromatic carbocycles. The largest absolute Gasteiger partial charge is 0.444 e. The van der Waals surface area contributed by atoms with Gasteiger partial charge in [-0.05, 0) is 58.5 Å². The highest BCUT2D eigenvalue weighted by molar-refractivity contribution is 5.85. The molecule has 0 spiro atoms. The normalized spacial score (nSPS) is 23.5. The van der Waals surface area contributed by atoms with Crippen LogP contribution in [0.5, 0.6) is 0 Å². The lowest BCUT2D eigenvalue weighted by atomic mass is 9.96. The van der Waals surface area contributed by atoms with E-state index in [9.17, 15) is 4.79 Å². The number of hydrogen-bond acceptors (Lipinski definition) is 6. The fourth-order valence-electron chi connectivity index (χ4n) is 3.58. The zero-order chi connectivity index (χ0) is 17.8. The van der Waals surface area contributed by atoms with Gasteiger partial charge in [0, 0.05) is 13.1 Å². The van der Waals surface area contributed by atoms with Gasteiger partial charge in [-0.1, -0.05) is 0 Å². The minimum atomic E-state index is -0.315. The predicted molar refractivity (Wildman–Crippen MR) is 108 cm³/mol. The molecular weight excluding hydrogens is 391 g/mol. The first-order chi connectivity index (χ1) is 12.0. The number of carbonyl (C=O) groups is 1. The van der Waals surface area contributed by atoms with Gasteiger partial charge >= 0.3 is 0 Å². The van der Waals surface area contributed by atoms with E-state index in [0.29, 0.717) is 12.5 Å². The Balaban J connectivity index is 0.00000182. The van der Waals surface area contributed by atoms with Crippen molar-refractivity contribution in [2.75, 3.05) is 26.2 Å². The second kappa shape index (κ2) is 11.2. The van der Waals surface area contributed by atoms with E-state index in [1.165, 1.54) is 0 Å². The number of nitrogens with two attached hydrogens (primary N) is 1. The zero-order valence-corrected chi connectivity index (χ0v) is 17.7. The highest BCUT2D eigenvalue weighted by atomic mass is 35.5. The maximum absolute atomic E-state index is 12.2. The molecule has 1 aromatic rings. The standard InChI is InChI=1S/C18H30N4O3.2ClH/c1-12-13(2)24-17(21-12)11-22-7-5-14(6-8-22)10-20-18(23)16-4-3-15(9-19)25-16;;/h14-16H,3-11,19H2,1-2H3,(H,20,23);2*1H/t15-,16+;;/m1../s1. The summed E-state index contributed by atoms with van der Waals surface area (Å²) >= 11 is 0. The molecule has 2 aliphatic heterocycles. The minimum Gasteiger partial charge on any atom is -0.444 e. The van der Waals surface area contributed by atoms with Crippen LogP contribution in [0.15, 0.2) is 4.42 Å². The number of piperidine rings is 1. The van der Waals surface area contributed by atoms with Gasteiger partial charge in [0.1, 0.15) is 11.9 Å². The number of amides is 1. The van der Waals surface area contributed by atoms with Crippen molar-refractivity contribution in [1.29, 1.82) is 0 Å². The van der Waals surface area contributed by atoms with E-state index >= 15 is 0 Å². The van der Waals surface area contributed by atoms with Crippen molar-refractivity contribution in [3.05, 3.63) is 17.3 Å². The first-order valence-electron chi connectivity index (χ1n) is 9.33. The van der Waals surface area contributed by atoms with Crippen molar-refractivity contribution in [3.63, 3.8) is 0 Å². The van der Waals surface area contributed by atoms with Gasteiger partial charge in [0.25, 0.3) is 0 Å². The van der Waals surface area contributed by atoms with Crippen LogP contribution in [-0.2, 0) is 16.1 Å². The van der Waals surface area contributed by atoms with Crippen molar-refractivity contribution < 1.29 is 13.9 Å². The van der Waals surface area contributed by atoms with Crippen LogP contribution in [0.2, 0.25) is 0 Å². The van der Waals surface area contributed by atoms with Crippen LogP contribution in [0, 0.1) is 19.8 Å². The van der Waals surface area contributed by atoms with Crippen molar-refractivity contribution in [1.82, 2.24) is 15.2 Å². The lowest BCUT2D eigenvalue weighted by molar-refractivity contribution is -0.132. The topological polar surface area (TPSA) is 93.6 Å². The predicted octanol–water partition coefficient (Wildman–Crippen LogP) is 1.97. The number of nitrogens with one attached hydrogen (secondary N) is 1. The molecule has 3 rings (SSSR count). The average molecular weight is 423 g/mol. The van der Waals surface area contributed by atoms with Crippen molar-refractivity contribution >= 4 is 30.7 Å². The number of ether oxygens (including phenoxy) is 1. The highest BCUT2D eigenvalue weighted by Gasteiger charge is 2.30. The van der Waals surface area contributed by atoms with E-state index < -0.39 is 0 Å². The lowest BCUT2D eigenvalue weighted by Gasteiger charge is -2.31. The molecule has 3 heterocycles. The molecule has 2 atom stereocenters. The summed E-state index contributed by atoms with van der Waals surface area (Å²) in [5, 5.41) is 3.06. The molecule has 3 N–H and O–H groups in total. The Kier molecular flexibility index (Phi) is 10.0. The number of halogens is 2. The number of hydrogen-bond donors (Lipinski definition) is 2. The number of aryl methyl sites for hydroxylation is 2. The molecule has 9 heteroatoms. The number of aromatic nitrogens is 1. The summed E-state index contributed by atoms with van der Waals surface area (Å²) in [7, 11) is 0. The first kappa shape index (κ1) is 24.2. The SMILES string of the molecule is Cc1nc(CN2CCC(CNC(=O)[C@@H]3CC[C@H](CN)O3)CC2)oc1C.Cl.Cl. The third kappa shape index (κ3) is 6.61. The van der Waals surface area contributed by atoms with Gasteiger partial charge in [0.2, 0.25) is 11.8 Å². The summed E-state index contributed by atoms with van der Waals surface area (Å²) in [5.74, 6) is 2.25.